The summed E-state index contributed by atoms with van der Waals surface area (Å²) < 4.78 is 6.66. The normalized spacial score (nSPS) is 13.0. The van der Waals surface area contributed by atoms with Gasteiger partial charge in [-0.25, -0.2) is 9.97 Å². The summed E-state index contributed by atoms with van der Waals surface area (Å²) in [5.41, 5.74) is 16.1. The fourth-order valence-corrected chi connectivity index (χ4v) is 9.01. The van der Waals surface area contributed by atoms with Gasteiger partial charge in [0.2, 0.25) is 0 Å². The number of aromatic nitrogens is 2. The van der Waals surface area contributed by atoms with Crippen LogP contribution in [0.3, 0.4) is 0 Å². The van der Waals surface area contributed by atoms with E-state index in [2.05, 4.69) is 166 Å². The van der Waals surface area contributed by atoms with Crippen LogP contribution in [0.2, 0.25) is 0 Å². The molecule has 3 nitrogen and oxygen atoms in total. The zero-order valence-corrected chi connectivity index (χ0v) is 31.1. The van der Waals surface area contributed by atoms with E-state index in [-0.39, 0.29) is 5.41 Å². The lowest BCUT2D eigenvalue weighted by molar-refractivity contribution is 0.666. The van der Waals surface area contributed by atoms with Gasteiger partial charge < -0.3 is 4.42 Å². The number of fused-ring (bicyclic) bond motifs is 8. The predicted octanol–water partition coefficient (Wildman–Crippen LogP) is 14.2. The Balaban J connectivity index is 1.23. The van der Waals surface area contributed by atoms with Gasteiger partial charge in [0, 0.05) is 38.4 Å². The van der Waals surface area contributed by atoms with Crippen LogP contribution < -0.4 is 0 Å². The van der Waals surface area contributed by atoms with Gasteiger partial charge in [0.1, 0.15) is 11.2 Å². The molecule has 0 bridgehead atoms. The van der Waals surface area contributed by atoms with Gasteiger partial charge in [0.25, 0.3) is 0 Å². The molecule has 0 saturated heterocycles. The fourth-order valence-electron chi connectivity index (χ4n) is 9.01. The lowest BCUT2D eigenvalue weighted by Gasteiger charge is -2.24. The molecule has 0 aliphatic heterocycles. The Hall–Kier alpha value is -7.10. The van der Waals surface area contributed by atoms with Crippen LogP contribution in [0.25, 0.3) is 100.0 Å². The number of para-hydroxylation sites is 2. The second-order valence-electron chi connectivity index (χ2n) is 15.3. The minimum atomic E-state index is -0.177. The summed E-state index contributed by atoms with van der Waals surface area (Å²) >= 11 is 0. The molecule has 0 N–H and O–H groups in total. The van der Waals surface area contributed by atoms with E-state index in [9.17, 15) is 0 Å². The van der Waals surface area contributed by atoms with E-state index in [4.69, 9.17) is 14.4 Å². The molecule has 0 radical (unpaired) electrons. The van der Waals surface area contributed by atoms with E-state index in [1.807, 2.05) is 30.3 Å². The molecule has 56 heavy (non-hydrogen) atoms. The predicted molar refractivity (Wildman–Crippen MR) is 232 cm³/mol. The minimum Gasteiger partial charge on any atom is -0.455 e. The first-order chi connectivity index (χ1) is 27.5. The van der Waals surface area contributed by atoms with E-state index >= 15 is 0 Å². The highest BCUT2D eigenvalue weighted by molar-refractivity contribution is 6.10. The van der Waals surface area contributed by atoms with Crippen LogP contribution in [0.15, 0.2) is 186 Å². The van der Waals surface area contributed by atoms with Gasteiger partial charge in [-0.3, -0.25) is 0 Å². The Bertz CT molecular complexity index is 3100. The molecule has 11 rings (SSSR count). The van der Waals surface area contributed by atoms with Gasteiger partial charge in [-0.1, -0.05) is 159 Å². The van der Waals surface area contributed by atoms with Gasteiger partial charge in [-0.05, 0) is 86.1 Å². The summed E-state index contributed by atoms with van der Waals surface area (Å²) in [5.74, 6) is 0.690. The molecule has 0 fully saturated rings. The monoisotopic (exact) mass is 716 g/mol. The molecule has 0 saturated carbocycles. The Morgan fingerprint density at radius 2 is 1.02 bits per heavy atom. The highest BCUT2D eigenvalue weighted by Gasteiger charge is 2.38. The highest BCUT2D eigenvalue weighted by atomic mass is 16.3. The van der Waals surface area contributed by atoms with Crippen molar-refractivity contribution in [1.29, 1.82) is 0 Å². The third-order valence-corrected chi connectivity index (χ3v) is 11.6. The molecule has 1 aliphatic rings. The number of benzene rings is 8. The van der Waals surface area contributed by atoms with Crippen molar-refractivity contribution in [2.24, 2.45) is 0 Å². The first-order valence-electron chi connectivity index (χ1n) is 19.2. The number of hydrogen-bond acceptors (Lipinski definition) is 3. The largest absolute Gasteiger partial charge is 0.455 e. The molecular weight excluding hydrogens is 681 g/mol. The molecular formula is C53H36N2O. The van der Waals surface area contributed by atoms with Crippen molar-refractivity contribution in [3.05, 3.63) is 193 Å². The summed E-state index contributed by atoms with van der Waals surface area (Å²) in [5, 5.41) is 4.75. The van der Waals surface area contributed by atoms with Crippen molar-refractivity contribution in [3.63, 3.8) is 0 Å². The molecule has 0 atom stereocenters. The zero-order valence-electron chi connectivity index (χ0n) is 31.1. The summed E-state index contributed by atoms with van der Waals surface area (Å²) in [6, 6.07) is 64.7. The van der Waals surface area contributed by atoms with Crippen molar-refractivity contribution in [2.45, 2.75) is 19.3 Å². The highest BCUT2D eigenvalue weighted by Crippen LogP contribution is 2.55. The zero-order chi connectivity index (χ0) is 37.4. The maximum Gasteiger partial charge on any atom is 0.160 e. The molecule has 264 valence electrons. The average Bonchev–Trinajstić information content (AvgIpc) is 3.76. The van der Waals surface area contributed by atoms with E-state index in [1.165, 1.54) is 38.6 Å². The van der Waals surface area contributed by atoms with Crippen molar-refractivity contribution >= 4 is 32.7 Å². The summed E-state index contributed by atoms with van der Waals surface area (Å²) in [4.78, 5) is 10.4. The lowest BCUT2D eigenvalue weighted by atomic mass is 9.79. The molecule has 2 aromatic heterocycles. The second kappa shape index (κ2) is 12.5. The van der Waals surface area contributed by atoms with E-state index in [0.29, 0.717) is 5.82 Å². The number of rotatable bonds is 5. The SMILES string of the molecule is CC1(C)c2ccccc2-c2c(-c3cc(-c4cc(-c5ccccc5)nc(-c5ccccc5)n4)cc(-c4cccc5c4oc4ccccc45)c3)cc3ccccc3c21. The molecule has 10 aromatic rings. The lowest BCUT2D eigenvalue weighted by Crippen LogP contribution is -2.15. The number of nitrogens with zero attached hydrogens (tertiary/aromatic N) is 2. The Labute approximate surface area is 325 Å². The van der Waals surface area contributed by atoms with Crippen molar-refractivity contribution in [1.82, 2.24) is 9.97 Å². The third-order valence-electron chi connectivity index (χ3n) is 11.6. The van der Waals surface area contributed by atoms with Gasteiger partial charge >= 0.3 is 0 Å². The first-order valence-corrected chi connectivity index (χ1v) is 19.2. The standard InChI is InChI=1S/C53H36N2O/c1-53(2)45-26-13-11-23-43(45)49-44(31-35-20-9-10-21-39(35)50(49)53)37-28-36(40-24-15-25-42-41-22-12-14-27-48(41)56-51(40)42)29-38(30-37)47-32-46(33-16-5-3-6-17-33)54-52(55-47)34-18-7-4-8-19-34/h3-32H,1-2H3. The van der Waals surface area contributed by atoms with Crippen LogP contribution in [-0.4, -0.2) is 9.97 Å². The van der Waals surface area contributed by atoms with Crippen LogP contribution in [0, 0.1) is 0 Å². The molecule has 0 spiro atoms. The van der Waals surface area contributed by atoms with Crippen molar-refractivity contribution < 1.29 is 4.42 Å². The van der Waals surface area contributed by atoms with Crippen molar-refractivity contribution in [2.75, 3.05) is 0 Å². The Kier molecular flexibility index (Phi) is 7.20. The van der Waals surface area contributed by atoms with Crippen LogP contribution in [0.1, 0.15) is 25.0 Å². The molecule has 1 aliphatic carbocycles. The van der Waals surface area contributed by atoms with Crippen molar-refractivity contribution in [3.8, 4) is 67.3 Å². The second-order valence-corrected chi connectivity index (χ2v) is 15.3. The van der Waals surface area contributed by atoms with Gasteiger partial charge in [0.15, 0.2) is 5.82 Å². The average molecular weight is 717 g/mol. The Morgan fingerprint density at radius 1 is 0.429 bits per heavy atom. The topological polar surface area (TPSA) is 38.9 Å². The maximum absolute atomic E-state index is 6.66. The summed E-state index contributed by atoms with van der Waals surface area (Å²) in [6.07, 6.45) is 0. The Morgan fingerprint density at radius 3 is 1.82 bits per heavy atom. The first kappa shape index (κ1) is 32.3. The minimum absolute atomic E-state index is 0.177. The van der Waals surface area contributed by atoms with Crippen LogP contribution in [-0.2, 0) is 5.41 Å². The van der Waals surface area contributed by atoms with E-state index < -0.39 is 0 Å². The van der Waals surface area contributed by atoms with E-state index in [1.54, 1.807) is 0 Å². The van der Waals surface area contributed by atoms with Gasteiger partial charge in [-0.15, -0.1) is 0 Å². The van der Waals surface area contributed by atoms with Crippen LogP contribution in [0.5, 0.6) is 0 Å². The summed E-state index contributed by atoms with van der Waals surface area (Å²) in [7, 11) is 0. The van der Waals surface area contributed by atoms with Crippen LogP contribution >= 0.6 is 0 Å². The molecule has 0 amide bonds. The molecule has 3 heteroatoms. The molecule has 8 aromatic carbocycles. The molecule has 2 heterocycles. The van der Waals surface area contributed by atoms with E-state index in [0.717, 1.165) is 66.7 Å². The summed E-state index contributed by atoms with van der Waals surface area (Å²) in [6.45, 7) is 4.74. The van der Waals surface area contributed by atoms with Gasteiger partial charge in [0.05, 0.1) is 11.4 Å². The van der Waals surface area contributed by atoms with Crippen LogP contribution in [0.4, 0.5) is 0 Å². The third kappa shape index (κ3) is 5.05. The smallest absolute Gasteiger partial charge is 0.160 e. The van der Waals surface area contributed by atoms with Gasteiger partial charge in [-0.2, -0.15) is 0 Å². The fraction of sp³-hybridized carbons (Fsp3) is 0.0566. The molecule has 0 unspecified atom stereocenters. The maximum atomic E-state index is 6.66. The number of furan rings is 1. The number of hydrogen-bond donors (Lipinski definition) is 0. The quantitative estimate of drug-likeness (QED) is 0.178.